The van der Waals surface area contributed by atoms with E-state index in [1.807, 2.05) is 6.07 Å². The monoisotopic (exact) mass is 470 g/mol. The number of alkyl halides is 3. The molecule has 0 bridgehead atoms. The number of hydrogen-bond acceptors (Lipinski definition) is 5. The Bertz CT molecular complexity index is 1390. The molecule has 34 heavy (non-hydrogen) atoms. The zero-order valence-electron chi connectivity index (χ0n) is 18.1. The van der Waals surface area contributed by atoms with E-state index in [1.54, 1.807) is 18.2 Å². The van der Waals surface area contributed by atoms with Crippen LogP contribution in [0.1, 0.15) is 42.3 Å². The minimum absolute atomic E-state index is 0.0677. The van der Waals surface area contributed by atoms with Gasteiger partial charge in [-0.2, -0.15) is 13.2 Å². The lowest BCUT2D eigenvalue weighted by atomic mass is 10.1. The van der Waals surface area contributed by atoms with Gasteiger partial charge in [0.05, 0.1) is 0 Å². The third-order valence-corrected chi connectivity index (χ3v) is 6.75. The molecule has 176 valence electrons. The second-order valence-corrected chi connectivity index (χ2v) is 9.21. The van der Waals surface area contributed by atoms with E-state index >= 15 is 4.39 Å². The van der Waals surface area contributed by atoms with Gasteiger partial charge in [-0.3, -0.25) is 9.30 Å². The van der Waals surface area contributed by atoms with Crippen LogP contribution in [0.3, 0.4) is 0 Å². The molecule has 1 aliphatic carbocycles. The van der Waals surface area contributed by atoms with Gasteiger partial charge in [-0.05, 0) is 48.4 Å². The number of benzene rings is 1. The zero-order valence-corrected chi connectivity index (χ0v) is 18.1. The van der Waals surface area contributed by atoms with Gasteiger partial charge in [0, 0.05) is 30.7 Å². The lowest BCUT2D eigenvalue weighted by Crippen LogP contribution is -2.38. The summed E-state index contributed by atoms with van der Waals surface area (Å²) in [6.07, 6.45) is -0.642. The molecule has 10 heteroatoms. The topological polar surface area (TPSA) is 72.3 Å². The summed E-state index contributed by atoms with van der Waals surface area (Å²) in [6, 6.07) is 7.93. The van der Waals surface area contributed by atoms with Crippen LogP contribution in [-0.2, 0) is 0 Å². The van der Waals surface area contributed by atoms with Gasteiger partial charge in [0.25, 0.3) is 0 Å². The fraction of sp³-hybridized carbons (Fsp3) is 0.375. The van der Waals surface area contributed by atoms with E-state index in [2.05, 4.69) is 15.2 Å². The van der Waals surface area contributed by atoms with Crippen molar-refractivity contribution in [2.45, 2.75) is 43.4 Å². The van der Waals surface area contributed by atoms with Gasteiger partial charge in [0.1, 0.15) is 17.3 Å². The van der Waals surface area contributed by atoms with Crippen molar-refractivity contribution in [1.29, 1.82) is 0 Å². The van der Waals surface area contributed by atoms with Crippen molar-refractivity contribution in [2.24, 2.45) is 5.73 Å². The van der Waals surface area contributed by atoms with Crippen LogP contribution in [-0.4, -0.2) is 49.8 Å². The van der Waals surface area contributed by atoms with Crippen molar-refractivity contribution in [3.63, 3.8) is 0 Å². The molecule has 6 nitrogen and oxygen atoms in total. The van der Waals surface area contributed by atoms with Crippen LogP contribution in [0.25, 0.3) is 28.1 Å². The van der Waals surface area contributed by atoms with Crippen LogP contribution in [0.5, 0.6) is 0 Å². The van der Waals surface area contributed by atoms with Crippen LogP contribution in [0.2, 0.25) is 0 Å². The SMILES string of the molecule is NC1CCN([C@H](c2ccc3nnc(-c4ccc5ccc(C6CC6)c(F)c5n4)n3c2)C(F)(F)F)C1. The number of hydrogen-bond donors (Lipinski definition) is 1. The minimum Gasteiger partial charge on any atom is -0.326 e. The van der Waals surface area contributed by atoms with E-state index in [1.165, 1.54) is 27.6 Å². The average Bonchev–Trinajstić information content (AvgIpc) is 3.42. The van der Waals surface area contributed by atoms with Crippen molar-refractivity contribution in [3.05, 3.63) is 59.5 Å². The van der Waals surface area contributed by atoms with Gasteiger partial charge < -0.3 is 5.73 Å². The highest BCUT2D eigenvalue weighted by Gasteiger charge is 2.46. The molecule has 3 aromatic heterocycles. The third kappa shape index (κ3) is 3.61. The van der Waals surface area contributed by atoms with Gasteiger partial charge in [-0.25, -0.2) is 9.37 Å². The van der Waals surface area contributed by atoms with Gasteiger partial charge in [-0.1, -0.05) is 24.3 Å². The molecular formula is C24H22F4N6. The standard InChI is InChI=1S/C24H22F4N6/c25-20-17(13-1-2-13)6-3-14-4-7-18(30-21(14)20)23-32-31-19-8-5-15(11-34(19)23)22(24(26,27)28)33-10-9-16(29)12-33/h3-8,11,13,16,22H,1-2,9-10,12,29H2/t16?,22-/m1/s1. The van der Waals surface area contributed by atoms with E-state index in [4.69, 9.17) is 5.73 Å². The fourth-order valence-electron chi connectivity index (χ4n) is 4.90. The van der Waals surface area contributed by atoms with E-state index in [0.29, 0.717) is 28.7 Å². The van der Waals surface area contributed by atoms with Crippen LogP contribution < -0.4 is 5.73 Å². The predicted molar refractivity (Wildman–Crippen MR) is 119 cm³/mol. The average molecular weight is 470 g/mol. The highest BCUT2D eigenvalue weighted by atomic mass is 19.4. The number of pyridine rings is 2. The number of rotatable bonds is 4. The van der Waals surface area contributed by atoms with Crippen molar-refractivity contribution in [3.8, 4) is 11.5 Å². The Morgan fingerprint density at radius 2 is 1.79 bits per heavy atom. The van der Waals surface area contributed by atoms with E-state index < -0.39 is 12.2 Å². The smallest absolute Gasteiger partial charge is 0.326 e. The molecule has 2 N–H and O–H groups in total. The molecule has 2 aliphatic rings. The number of aromatic nitrogens is 4. The quantitative estimate of drug-likeness (QED) is 0.442. The molecule has 4 aromatic rings. The normalized spacial score (nSPS) is 20.4. The maximum Gasteiger partial charge on any atom is 0.408 e. The first-order valence-corrected chi connectivity index (χ1v) is 11.3. The number of nitrogens with two attached hydrogens (primary N) is 1. The lowest BCUT2D eigenvalue weighted by molar-refractivity contribution is -0.183. The molecular weight excluding hydrogens is 448 g/mol. The molecule has 2 atom stereocenters. The van der Waals surface area contributed by atoms with Crippen LogP contribution in [0.4, 0.5) is 17.6 Å². The van der Waals surface area contributed by atoms with Crippen molar-refractivity contribution < 1.29 is 17.6 Å². The summed E-state index contributed by atoms with van der Waals surface area (Å²) in [5, 5.41) is 8.90. The third-order valence-electron chi connectivity index (χ3n) is 6.75. The molecule has 0 radical (unpaired) electrons. The van der Waals surface area contributed by atoms with Crippen LogP contribution >= 0.6 is 0 Å². The molecule has 4 heterocycles. The highest BCUT2D eigenvalue weighted by molar-refractivity contribution is 5.82. The Morgan fingerprint density at radius 3 is 2.50 bits per heavy atom. The predicted octanol–water partition coefficient (Wildman–Crippen LogP) is 4.60. The molecule has 0 spiro atoms. The van der Waals surface area contributed by atoms with Gasteiger partial charge >= 0.3 is 6.18 Å². The highest BCUT2D eigenvalue weighted by Crippen LogP contribution is 2.43. The second kappa shape index (κ2) is 7.71. The largest absolute Gasteiger partial charge is 0.408 e. The van der Waals surface area contributed by atoms with E-state index in [9.17, 15) is 13.2 Å². The minimum atomic E-state index is -4.48. The summed E-state index contributed by atoms with van der Waals surface area (Å²) in [4.78, 5) is 5.86. The number of fused-ring (bicyclic) bond motifs is 2. The van der Waals surface area contributed by atoms with Crippen molar-refractivity contribution in [1.82, 2.24) is 24.5 Å². The molecule has 1 saturated heterocycles. The van der Waals surface area contributed by atoms with Gasteiger partial charge in [-0.15, -0.1) is 10.2 Å². The Labute approximate surface area is 192 Å². The fourth-order valence-corrected chi connectivity index (χ4v) is 4.90. The maximum absolute atomic E-state index is 15.2. The van der Waals surface area contributed by atoms with E-state index in [-0.39, 0.29) is 47.8 Å². The Hall–Kier alpha value is -3.11. The molecule has 1 aromatic carbocycles. The maximum atomic E-state index is 15.2. The first kappa shape index (κ1) is 21.4. The number of nitrogens with zero attached hydrogens (tertiary/aromatic N) is 5. The summed E-state index contributed by atoms with van der Waals surface area (Å²) in [6.45, 7) is 0.444. The lowest BCUT2D eigenvalue weighted by Gasteiger charge is -2.30. The summed E-state index contributed by atoms with van der Waals surface area (Å²) in [5.41, 5.74) is 7.55. The Kier molecular flexibility index (Phi) is 4.86. The van der Waals surface area contributed by atoms with E-state index in [0.717, 1.165) is 12.8 Å². The summed E-state index contributed by atoms with van der Waals surface area (Å²) in [5.74, 6) is 0.136. The summed E-state index contributed by atoms with van der Waals surface area (Å²) >= 11 is 0. The van der Waals surface area contributed by atoms with Gasteiger partial charge in [0.2, 0.25) is 0 Å². The number of halogens is 4. The van der Waals surface area contributed by atoms with Gasteiger partial charge in [0.15, 0.2) is 17.3 Å². The summed E-state index contributed by atoms with van der Waals surface area (Å²) < 4.78 is 58.9. The zero-order chi connectivity index (χ0) is 23.6. The Morgan fingerprint density at radius 1 is 1.00 bits per heavy atom. The molecule has 1 unspecified atom stereocenters. The molecule has 1 aliphatic heterocycles. The second-order valence-electron chi connectivity index (χ2n) is 9.21. The molecule has 1 saturated carbocycles. The molecule has 0 amide bonds. The molecule has 6 rings (SSSR count). The first-order chi connectivity index (χ1) is 16.3. The summed E-state index contributed by atoms with van der Waals surface area (Å²) in [7, 11) is 0. The number of likely N-dealkylation sites (tertiary alicyclic amines) is 1. The first-order valence-electron chi connectivity index (χ1n) is 11.3. The van der Waals surface area contributed by atoms with Crippen LogP contribution in [0, 0.1) is 5.82 Å². The Balaban J connectivity index is 1.45. The van der Waals surface area contributed by atoms with Crippen molar-refractivity contribution in [2.75, 3.05) is 13.1 Å². The van der Waals surface area contributed by atoms with Crippen molar-refractivity contribution >= 4 is 16.6 Å². The van der Waals surface area contributed by atoms with Crippen LogP contribution in [0.15, 0.2) is 42.6 Å². The molecule has 2 fully saturated rings.